The Hall–Kier alpha value is -8.73. The third kappa shape index (κ3) is 5.18. The molecule has 66 heavy (non-hydrogen) atoms. The van der Waals surface area contributed by atoms with Crippen molar-refractivity contribution in [2.45, 2.75) is 5.41 Å². The van der Waals surface area contributed by atoms with Gasteiger partial charge in [-0.05, 0) is 75.8 Å². The minimum Gasteiger partial charge on any atom is -0.310 e. The summed E-state index contributed by atoms with van der Waals surface area (Å²) in [6.45, 7) is 0. The number of anilines is 3. The third-order valence-electron chi connectivity index (χ3n) is 14.0. The molecule has 0 saturated heterocycles. The van der Waals surface area contributed by atoms with Crippen LogP contribution >= 0.6 is 0 Å². The molecule has 1 aliphatic carbocycles. The van der Waals surface area contributed by atoms with Gasteiger partial charge < -0.3 is 4.90 Å². The van der Waals surface area contributed by atoms with Crippen LogP contribution in [0.25, 0.3) is 88.4 Å². The summed E-state index contributed by atoms with van der Waals surface area (Å²) in [6.07, 6.45) is 0. The Morgan fingerprint density at radius 1 is 0.348 bits per heavy atom. The normalized spacial score (nSPS) is 13.2. The molecule has 0 fully saturated rings. The molecule has 3 aromatic heterocycles. The smallest absolute Gasteiger partial charge is 0.0972 e. The largest absolute Gasteiger partial charge is 0.310 e. The van der Waals surface area contributed by atoms with Crippen molar-refractivity contribution in [2.75, 3.05) is 4.90 Å². The van der Waals surface area contributed by atoms with Crippen molar-refractivity contribution in [3.63, 3.8) is 0 Å². The van der Waals surface area contributed by atoms with Crippen molar-refractivity contribution in [2.24, 2.45) is 0 Å². The lowest BCUT2D eigenvalue weighted by Crippen LogP contribution is -2.36. The molecule has 0 atom stereocenters. The summed E-state index contributed by atoms with van der Waals surface area (Å²) < 4.78 is 0. The van der Waals surface area contributed by atoms with Crippen molar-refractivity contribution >= 4 is 60.5 Å². The summed E-state index contributed by atoms with van der Waals surface area (Å²) >= 11 is 0. The summed E-state index contributed by atoms with van der Waals surface area (Å²) in [5.74, 6) is 0. The molecule has 0 saturated carbocycles. The minimum atomic E-state index is -0.554. The van der Waals surface area contributed by atoms with Crippen LogP contribution in [-0.4, -0.2) is 15.0 Å². The fourth-order valence-corrected chi connectivity index (χ4v) is 11.2. The molecule has 1 aliphatic heterocycles. The first-order valence-electron chi connectivity index (χ1n) is 22.6. The van der Waals surface area contributed by atoms with E-state index in [0.717, 1.165) is 77.6 Å². The molecule has 4 nitrogen and oxygen atoms in total. The average molecular weight is 839 g/mol. The Bertz CT molecular complexity index is 3890. The Balaban J connectivity index is 0.957. The molecule has 0 amide bonds. The minimum absolute atomic E-state index is 0.554. The highest BCUT2D eigenvalue weighted by molar-refractivity contribution is 6.20. The van der Waals surface area contributed by atoms with E-state index < -0.39 is 5.41 Å². The number of para-hydroxylation sites is 4. The van der Waals surface area contributed by atoms with Gasteiger partial charge in [0.2, 0.25) is 0 Å². The second-order valence-electron chi connectivity index (χ2n) is 17.4. The number of hydrogen-bond acceptors (Lipinski definition) is 4. The van der Waals surface area contributed by atoms with E-state index in [4.69, 9.17) is 15.0 Å². The molecule has 9 aromatic carbocycles. The van der Waals surface area contributed by atoms with E-state index in [1.165, 1.54) is 50.1 Å². The van der Waals surface area contributed by atoms with E-state index in [2.05, 4.69) is 229 Å². The molecule has 0 bridgehead atoms. The van der Waals surface area contributed by atoms with Gasteiger partial charge in [-0.25, -0.2) is 15.0 Å². The Morgan fingerprint density at radius 2 is 0.879 bits per heavy atom. The third-order valence-corrected chi connectivity index (χ3v) is 14.0. The zero-order valence-corrected chi connectivity index (χ0v) is 35.7. The van der Waals surface area contributed by atoms with Crippen LogP contribution in [-0.2, 0) is 5.41 Å². The van der Waals surface area contributed by atoms with Crippen LogP contribution in [0, 0.1) is 0 Å². The van der Waals surface area contributed by atoms with Crippen molar-refractivity contribution in [1.29, 1.82) is 0 Å². The number of fused-ring (bicyclic) bond motifs is 16. The maximum atomic E-state index is 5.45. The molecular weight excluding hydrogens is 801 g/mol. The van der Waals surface area contributed by atoms with Gasteiger partial charge in [-0.15, -0.1) is 0 Å². The number of nitrogens with zero attached hydrogens (tertiary/aromatic N) is 4. The summed E-state index contributed by atoms with van der Waals surface area (Å²) in [6, 6.07) is 83.2. The SMILES string of the molecule is c1ccc(-c2ccc3ccc4ccc(-c5ccc(-c6nc7ccccc7c7c8c(ccc67)C6(c7ccccc7-8)c7ccccc7N(c7ccccc7)c7ccccc76)cc5)nc4c3n2)cc1. The van der Waals surface area contributed by atoms with Crippen LogP contribution in [0.5, 0.6) is 0 Å². The van der Waals surface area contributed by atoms with E-state index in [0.29, 0.717) is 0 Å². The number of aromatic nitrogens is 3. The first-order chi connectivity index (χ1) is 32.7. The molecule has 12 aromatic rings. The van der Waals surface area contributed by atoms with Crippen LogP contribution in [0.15, 0.2) is 231 Å². The topological polar surface area (TPSA) is 41.9 Å². The summed E-state index contributed by atoms with van der Waals surface area (Å²) in [7, 11) is 0. The highest BCUT2D eigenvalue weighted by atomic mass is 15.2. The molecule has 0 radical (unpaired) electrons. The highest BCUT2D eigenvalue weighted by Crippen LogP contribution is 2.64. The molecule has 4 heteroatoms. The first kappa shape index (κ1) is 36.7. The molecule has 1 spiro atoms. The van der Waals surface area contributed by atoms with E-state index in [1.807, 2.05) is 6.07 Å². The molecule has 14 rings (SSSR count). The van der Waals surface area contributed by atoms with Gasteiger partial charge in [0.15, 0.2) is 0 Å². The second-order valence-corrected chi connectivity index (χ2v) is 17.4. The fraction of sp³-hybridized carbons (Fsp3) is 0.0161. The summed E-state index contributed by atoms with van der Waals surface area (Å²) in [4.78, 5) is 18.3. The summed E-state index contributed by atoms with van der Waals surface area (Å²) in [5.41, 5.74) is 19.4. The lowest BCUT2D eigenvalue weighted by molar-refractivity contribution is 0.753. The molecule has 0 unspecified atom stereocenters. The Morgan fingerprint density at radius 3 is 1.56 bits per heavy atom. The van der Waals surface area contributed by atoms with Gasteiger partial charge in [-0.1, -0.05) is 188 Å². The molecule has 4 heterocycles. The fourth-order valence-electron chi connectivity index (χ4n) is 11.2. The number of hydrogen-bond donors (Lipinski definition) is 0. The van der Waals surface area contributed by atoms with E-state index in [9.17, 15) is 0 Å². The highest BCUT2D eigenvalue weighted by Gasteiger charge is 2.52. The van der Waals surface area contributed by atoms with Gasteiger partial charge in [0.25, 0.3) is 0 Å². The molecule has 0 N–H and O–H groups in total. The average Bonchev–Trinajstić information content (AvgIpc) is 3.69. The maximum absolute atomic E-state index is 5.45. The summed E-state index contributed by atoms with van der Waals surface area (Å²) in [5, 5.41) is 5.65. The predicted molar refractivity (Wildman–Crippen MR) is 272 cm³/mol. The van der Waals surface area contributed by atoms with Crippen LogP contribution < -0.4 is 4.90 Å². The number of pyridine rings is 3. The lowest BCUT2D eigenvalue weighted by atomic mass is 9.64. The standard InChI is InChI=1S/C62H38N4/c1-3-15-39(16-4-1)52-37-33-42-31-32-43-34-38-53(64-61(43)60(42)63-52)40-27-29-41(30-28-40)59-47-35-36-51-58(57(47)46-20-8-12-24-54(46)65-59)45-19-7-9-21-48(45)62(51)49-22-10-13-25-55(49)66(44-17-5-2-6-18-44)56-26-14-11-23-50(56)62/h1-38H. The molecular formula is C62H38N4. The van der Waals surface area contributed by atoms with E-state index in [1.54, 1.807) is 0 Å². The first-order valence-corrected chi connectivity index (χ1v) is 22.6. The zero-order valence-electron chi connectivity index (χ0n) is 35.7. The van der Waals surface area contributed by atoms with Crippen molar-refractivity contribution in [1.82, 2.24) is 15.0 Å². The van der Waals surface area contributed by atoms with Gasteiger partial charge in [-0.3, -0.25) is 0 Å². The number of benzene rings is 9. The maximum Gasteiger partial charge on any atom is 0.0972 e. The van der Waals surface area contributed by atoms with E-state index in [-0.39, 0.29) is 0 Å². The van der Waals surface area contributed by atoms with Crippen LogP contribution in [0.3, 0.4) is 0 Å². The lowest BCUT2D eigenvalue weighted by Gasteiger charge is -2.45. The van der Waals surface area contributed by atoms with Gasteiger partial charge in [0, 0.05) is 49.3 Å². The number of rotatable bonds is 4. The predicted octanol–water partition coefficient (Wildman–Crippen LogP) is 15.6. The molecule has 306 valence electrons. The Kier molecular flexibility index (Phi) is 7.87. The van der Waals surface area contributed by atoms with Crippen LogP contribution in [0.2, 0.25) is 0 Å². The van der Waals surface area contributed by atoms with Gasteiger partial charge >= 0.3 is 0 Å². The van der Waals surface area contributed by atoms with E-state index >= 15 is 0 Å². The quantitative estimate of drug-likeness (QED) is 0.166. The van der Waals surface area contributed by atoms with Crippen LogP contribution in [0.1, 0.15) is 22.3 Å². The molecule has 2 aliphatic rings. The monoisotopic (exact) mass is 838 g/mol. The van der Waals surface area contributed by atoms with Crippen LogP contribution in [0.4, 0.5) is 17.1 Å². The van der Waals surface area contributed by atoms with Crippen molar-refractivity contribution in [3.05, 3.63) is 253 Å². The second kappa shape index (κ2) is 14.1. The van der Waals surface area contributed by atoms with Gasteiger partial charge in [0.05, 0.1) is 50.4 Å². The van der Waals surface area contributed by atoms with Crippen molar-refractivity contribution < 1.29 is 0 Å². The Labute approximate surface area is 381 Å². The van der Waals surface area contributed by atoms with Crippen molar-refractivity contribution in [3.8, 4) is 44.9 Å². The van der Waals surface area contributed by atoms with Gasteiger partial charge in [-0.2, -0.15) is 0 Å². The van der Waals surface area contributed by atoms with Gasteiger partial charge in [0.1, 0.15) is 0 Å². The zero-order chi connectivity index (χ0) is 43.3.